The van der Waals surface area contributed by atoms with E-state index in [0.29, 0.717) is 15.7 Å². The van der Waals surface area contributed by atoms with Gasteiger partial charge in [-0.3, -0.25) is 4.90 Å². The van der Waals surface area contributed by atoms with Crippen molar-refractivity contribution in [1.82, 2.24) is 10.2 Å². The predicted molar refractivity (Wildman–Crippen MR) is 103 cm³/mol. The van der Waals surface area contributed by atoms with Gasteiger partial charge < -0.3 is 10.6 Å². The monoisotopic (exact) mass is 395 g/mol. The minimum atomic E-state index is -0.328. The Labute approximate surface area is 162 Å². The van der Waals surface area contributed by atoms with E-state index in [2.05, 4.69) is 15.5 Å². The fourth-order valence-corrected chi connectivity index (χ4v) is 3.34. The van der Waals surface area contributed by atoms with Gasteiger partial charge in [0.1, 0.15) is 5.82 Å². The molecule has 1 fully saturated rings. The van der Waals surface area contributed by atoms with E-state index in [-0.39, 0.29) is 17.9 Å². The number of carbonyl (C=O) groups excluding carboxylic acids is 1. The first-order chi connectivity index (χ1) is 12.5. The summed E-state index contributed by atoms with van der Waals surface area (Å²) < 4.78 is 12.9. The lowest BCUT2D eigenvalue weighted by atomic mass is 10.0. The molecule has 1 aliphatic heterocycles. The zero-order chi connectivity index (χ0) is 18.5. The smallest absolute Gasteiger partial charge is 0.319 e. The molecule has 4 nitrogen and oxygen atoms in total. The summed E-state index contributed by atoms with van der Waals surface area (Å²) in [6.45, 7) is 2.59. The minimum Gasteiger partial charge on any atom is -0.335 e. The molecule has 1 saturated heterocycles. The molecule has 7 heteroatoms. The van der Waals surface area contributed by atoms with E-state index in [4.69, 9.17) is 23.2 Å². The largest absolute Gasteiger partial charge is 0.335 e. The number of carbonyl (C=O) groups is 1. The summed E-state index contributed by atoms with van der Waals surface area (Å²) in [5.74, 6) is -0.328. The van der Waals surface area contributed by atoms with Crippen LogP contribution in [0.4, 0.5) is 14.9 Å². The molecule has 3 rings (SSSR count). The maximum Gasteiger partial charge on any atom is 0.319 e. The Balaban J connectivity index is 1.43. The van der Waals surface area contributed by atoms with Crippen LogP contribution in [0.15, 0.2) is 42.5 Å². The van der Waals surface area contributed by atoms with Gasteiger partial charge in [-0.15, -0.1) is 0 Å². The van der Waals surface area contributed by atoms with Gasteiger partial charge in [-0.05, 0) is 54.8 Å². The third-order valence-corrected chi connectivity index (χ3v) is 5.15. The molecule has 2 amide bonds. The molecular formula is C19H20Cl2FN3O. The average molecular weight is 396 g/mol. The third-order valence-electron chi connectivity index (χ3n) is 4.42. The van der Waals surface area contributed by atoms with E-state index < -0.39 is 0 Å². The van der Waals surface area contributed by atoms with Crippen molar-refractivity contribution in [3.63, 3.8) is 0 Å². The average Bonchev–Trinajstić information content (AvgIpc) is 2.62. The molecule has 2 aromatic rings. The number of nitrogens with one attached hydrogen (secondary N) is 2. The molecule has 0 saturated carbocycles. The molecule has 26 heavy (non-hydrogen) atoms. The second-order valence-electron chi connectivity index (χ2n) is 6.40. The number of hydrogen-bond acceptors (Lipinski definition) is 2. The third kappa shape index (κ3) is 5.34. The number of anilines is 1. The summed E-state index contributed by atoms with van der Waals surface area (Å²) >= 11 is 12.0. The van der Waals surface area contributed by atoms with Gasteiger partial charge in [-0.2, -0.15) is 0 Å². The quantitative estimate of drug-likeness (QED) is 0.771. The van der Waals surface area contributed by atoms with Crippen LogP contribution < -0.4 is 10.6 Å². The van der Waals surface area contributed by atoms with Gasteiger partial charge in [0.25, 0.3) is 0 Å². The van der Waals surface area contributed by atoms with E-state index in [0.717, 1.165) is 38.0 Å². The van der Waals surface area contributed by atoms with Crippen molar-refractivity contribution in [2.24, 2.45) is 0 Å². The van der Waals surface area contributed by atoms with Gasteiger partial charge in [-0.25, -0.2) is 9.18 Å². The van der Waals surface area contributed by atoms with Gasteiger partial charge in [0.15, 0.2) is 0 Å². The van der Waals surface area contributed by atoms with Crippen LogP contribution in [0.1, 0.15) is 18.4 Å². The van der Waals surface area contributed by atoms with Crippen LogP contribution in [0.5, 0.6) is 0 Å². The number of halogens is 3. The maximum atomic E-state index is 12.9. The first-order valence-electron chi connectivity index (χ1n) is 8.49. The first-order valence-corrected chi connectivity index (χ1v) is 9.24. The Morgan fingerprint density at radius 2 is 1.77 bits per heavy atom. The summed E-state index contributed by atoms with van der Waals surface area (Å²) in [5, 5.41) is 6.82. The van der Waals surface area contributed by atoms with Crippen LogP contribution in [0.2, 0.25) is 10.0 Å². The molecule has 0 atom stereocenters. The highest BCUT2D eigenvalue weighted by molar-refractivity contribution is 6.42. The van der Waals surface area contributed by atoms with E-state index >= 15 is 0 Å². The number of amides is 2. The SMILES string of the molecule is O=C(Nc1ccc(F)cc1)NC1CCN(Cc2ccc(Cl)c(Cl)c2)CC1. The summed E-state index contributed by atoms with van der Waals surface area (Å²) in [7, 11) is 0. The number of urea groups is 1. The van der Waals surface area contributed by atoms with Crippen molar-refractivity contribution < 1.29 is 9.18 Å². The number of hydrogen-bond donors (Lipinski definition) is 2. The Morgan fingerprint density at radius 1 is 1.08 bits per heavy atom. The highest BCUT2D eigenvalue weighted by Crippen LogP contribution is 2.24. The Kier molecular flexibility index (Phi) is 6.35. The van der Waals surface area contributed by atoms with E-state index in [1.165, 1.54) is 24.3 Å². The molecule has 1 heterocycles. The lowest BCUT2D eigenvalue weighted by Gasteiger charge is -2.32. The Hall–Kier alpha value is -1.82. The molecule has 0 aliphatic carbocycles. The summed E-state index contributed by atoms with van der Waals surface area (Å²) in [4.78, 5) is 14.4. The van der Waals surface area contributed by atoms with Crippen LogP contribution in [0, 0.1) is 5.82 Å². The van der Waals surface area contributed by atoms with Crippen LogP contribution in [-0.4, -0.2) is 30.1 Å². The summed E-state index contributed by atoms with van der Waals surface area (Å²) in [6, 6.07) is 11.3. The number of rotatable bonds is 4. The molecule has 2 aromatic carbocycles. The second-order valence-corrected chi connectivity index (χ2v) is 7.22. The number of benzene rings is 2. The van der Waals surface area contributed by atoms with E-state index in [9.17, 15) is 9.18 Å². The number of nitrogens with zero attached hydrogens (tertiary/aromatic N) is 1. The second kappa shape index (κ2) is 8.71. The first kappa shape index (κ1) is 19.0. The molecule has 0 bridgehead atoms. The van der Waals surface area contributed by atoms with Crippen LogP contribution in [-0.2, 0) is 6.54 Å². The highest BCUT2D eigenvalue weighted by Gasteiger charge is 2.21. The maximum absolute atomic E-state index is 12.9. The van der Waals surface area contributed by atoms with Crippen molar-refractivity contribution in [2.75, 3.05) is 18.4 Å². The highest BCUT2D eigenvalue weighted by atomic mass is 35.5. The minimum absolute atomic E-state index is 0.125. The Bertz CT molecular complexity index is 762. The van der Waals surface area contributed by atoms with Gasteiger partial charge >= 0.3 is 6.03 Å². The topological polar surface area (TPSA) is 44.4 Å². The van der Waals surface area contributed by atoms with Crippen molar-refractivity contribution >= 4 is 34.9 Å². The molecule has 2 N–H and O–H groups in total. The normalized spacial score (nSPS) is 15.7. The van der Waals surface area contributed by atoms with Gasteiger partial charge in [-0.1, -0.05) is 29.3 Å². The van der Waals surface area contributed by atoms with Gasteiger partial charge in [0.05, 0.1) is 10.0 Å². The van der Waals surface area contributed by atoms with Crippen molar-refractivity contribution in [3.05, 3.63) is 63.9 Å². The molecule has 138 valence electrons. The molecule has 0 unspecified atom stereocenters. The lowest BCUT2D eigenvalue weighted by molar-refractivity contribution is 0.190. The van der Waals surface area contributed by atoms with Crippen molar-refractivity contribution in [2.45, 2.75) is 25.4 Å². The fraction of sp³-hybridized carbons (Fsp3) is 0.316. The molecular weight excluding hydrogens is 376 g/mol. The van der Waals surface area contributed by atoms with Crippen LogP contribution >= 0.6 is 23.2 Å². The number of likely N-dealkylation sites (tertiary alicyclic amines) is 1. The predicted octanol–water partition coefficient (Wildman–Crippen LogP) is 4.92. The molecule has 0 spiro atoms. The fourth-order valence-electron chi connectivity index (χ4n) is 3.02. The zero-order valence-corrected chi connectivity index (χ0v) is 15.7. The molecule has 1 aliphatic rings. The molecule has 0 radical (unpaired) electrons. The Morgan fingerprint density at radius 3 is 2.42 bits per heavy atom. The van der Waals surface area contributed by atoms with E-state index in [1.54, 1.807) is 0 Å². The van der Waals surface area contributed by atoms with Crippen LogP contribution in [0.25, 0.3) is 0 Å². The summed E-state index contributed by atoms with van der Waals surface area (Å²) in [5.41, 5.74) is 1.70. The lowest BCUT2D eigenvalue weighted by Crippen LogP contribution is -2.45. The summed E-state index contributed by atoms with van der Waals surface area (Å²) in [6.07, 6.45) is 1.75. The van der Waals surface area contributed by atoms with Crippen molar-refractivity contribution in [3.8, 4) is 0 Å². The van der Waals surface area contributed by atoms with Gasteiger partial charge in [0.2, 0.25) is 0 Å². The van der Waals surface area contributed by atoms with E-state index in [1.807, 2.05) is 18.2 Å². The number of piperidine rings is 1. The molecule has 0 aromatic heterocycles. The zero-order valence-electron chi connectivity index (χ0n) is 14.1. The van der Waals surface area contributed by atoms with Crippen LogP contribution in [0.3, 0.4) is 0 Å². The standard InChI is InChI=1S/C19H20Cl2FN3O/c20-17-6-1-13(11-18(17)21)12-25-9-7-16(8-10-25)24-19(26)23-15-4-2-14(22)3-5-15/h1-6,11,16H,7-10,12H2,(H2,23,24,26). The van der Waals surface area contributed by atoms with Crippen molar-refractivity contribution in [1.29, 1.82) is 0 Å². The van der Waals surface area contributed by atoms with Gasteiger partial charge in [0, 0.05) is 31.4 Å².